The average Bonchev–Trinajstić information content (AvgIpc) is 3.63. The third kappa shape index (κ3) is 4.45. The molecule has 0 spiro atoms. The van der Waals surface area contributed by atoms with Crippen molar-refractivity contribution >= 4 is 18.7 Å². The van der Waals surface area contributed by atoms with E-state index in [1.165, 1.54) is 15.9 Å². The Bertz CT molecular complexity index is 993. The van der Waals surface area contributed by atoms with Crippen LogP contribution >= 0.6 is 0 Å². The van der Waals surface area contributed by atoms with Crippen molar-refractivity contribution in [1.82, 2.24) is 0 Å². The normalized spacial score (nSPS) is 24.8. The summed E-state index contributed by atoms with van der Waals surface area (Å²) in [7, 11) is -2.66. The predicted octanol–water partition coefficient (Wildman–Crippen LogP) is 5.08. The molecule has 1 aliphatic heterocycles. The molecule has 3 nitrogen and oxygen atoms in total. The molecule has 33 heavy (non-hydrogen) atoms. The molecule has 0 radical (unpaired) electrons. The van der Waals surface area contributed by atoms with E-state index in [1.807, 2.05) is 6.07 Å². The Balaban J connectivity index is 1.52. The molecular weight excluding hydrogens is 424 g/mol. The molecule has 4 atom stereocenters. The molecular formula is C29H34O3Si. The molecule has 0 N–H and O–H groups in total. The Labute approximate surface area is 198 Å². The molecule has 0 aromatic heterocycles. The number of rotatable bonds is 7. The van der Waals surface area contributed by atoms with Gasteiger partial charge in [-0.25, -0.2) is 0 Å². The summed E-state index contributed by atoms with van der Waals surface area (Å²) in [5.74, 6) is 0. The van der Waals surface area contributed by atoms with Gasteiger partial charge >= 0.3 is 0 Å². The van der Waals surface area contributed by atoms with E-state index in [-0.39, 0.29) is 23.4 Å². The van der Waals surface area contributed by atoms with Crippen molar-refractivity contribution in [3.63, 3.8) is 0 Å². The fourth-order valence-electron chi connectivity index (χ4n) is 5.38. The van der Waals surface area contributed by atoms with Gasteiger partial charge in [-0.3, -0.25) is 0 Å². The minimum Gasteiger partial charge on any atom is -0.399 e. The maximum absolute atomic E-state index is 7.46. The first-order valence-electron chi connectivity index (χ1n) is 12.1. The smallest absolute Gasteiger partial charge is 0.261 e. The van der Waals surface area contributed by atoms with Gasteiger partial charge < -0.3 is 13.9 Å². The van der Waals surface area contributed by atoms with Crippen LogP contribution in [0.5, 0.6) is 0 Å². The fraction of sp³-hybridized carbons (Fsp3) is 0.379. The summed E-state index contributed by atoms with van der Waals surface area (Å²) in [6.07, 6.45) is 2.40. The molecule has 3 aromatic carbocycles. The maximum Gasteiger partial charge on any atom is 0.261 e. The molecule has 0 unspecified atom stereocenters. The van der Waals surface area contributed by atoms with E-state index in [0.29, 0.717) is 12.7 Å². The minimum absolute atomic E-state index is 0.0237. The van der Waals surface area contributed by atoms with E-state index in [2.05, 4.69) is 106 Å². The van der Waals surface area contributed by atoms with Crippen LogP contribution in [0.25, 0.3) is 0 Å². The summed E-state index contributed by atoms with van der Waals surface area (Å²) in [4.78, 5) is 0. The summed E-state index contributed by atoms with van der Waals surface area (Å²) in [5.41, 5.74) is 1.19. The summed E-state index contributed by atoms with van der Waals surface area (Å²) in [6.45, 7) is 7.58. The van der Waals surface area contributed by atoms with Crippen LogP contribution < -0.4 is 10.4 Å². The largest absolute Gasteiger partial charge is 0.399 e. The first kappa shape index (κ1) is 22.5. The fourth-order valence-corrected chi connectivity index (χ4v) is 10.1. The van der Waals surface area contributed by atoms with Crippen molar-refractivity contribution in [2.75, 3.05) is 0 Å². The average molecular weight is 459 g/mol. The standard InChI is InChI=1S/C29H34O3Si/c1-29(2,3)33(23-15-9-5-10-16-23,24-17-11-6-12-18-24)32-28-25(19-20-26-27(28)31-26)30-21-22-13-7-4-8-14-22/h4-18,25-28H,19-21H2,1-3H3/t25-,26-,27-,28-/m0/s1. The Kier molecular flexibility index (Phi) is 6.28. The molecule has 1 heterocycles. The maximum atomic E-state index is 7.46. The van der Waals surface area contributed by atoms with E-state index >= 15 is 0 Å². The van der Waals surface area contributed by atoms with Crippen LogP contribution in [0, 0.1) is 0 Å². The Morgan fingerprint density at radius 2 is 1.33 bits per heavy atom. The Morgan fingerprint density at radius 3 is 1.88 bits per heavy atom. The van der Waals surface area contributed by atoms with Crippen LogP contribution in [0.2, 0.25) is 5.04 Å². The van der Waals surface area contributed by atoms with Crippen molar-refractivity contribution < 1.29 is 13.9 Å². The summed E-state index contributed by atoms with van der Waals surface area (Å²) in [6, 6.07) is 32.1. The number of fused-ring (bicyclic) bond motifs is 1. The van der Waals surface area contributed by atoms with Crippen LogP contribution in [-0.2, 0) is 20.5 Å². The monoisotopic (exact) mass is 458 g/mol. The lowest BCUT2D eigenvalue weighted by Crippen LogP contribution is -2.69. The van der Waals surface area contributed by atoms with Gasteiger partial charge in [0.1, 0.15) is 12.2 Å². The van der Waals surface area contributed by atoms with E-state index in [1.54, 1.807) is 0 Å². The summed E-state index contributed by atoms with van der Waals surface area (Å²) >= 11 is 0. The van der Waals surface area contributed by atoms with Crippen molar-refractivity contribution in [1.29, 1.82) is 0 Å². The Morgan fingerprint density at radius 1 is 0.788 bits per heavy atom. The molecule has 1 aliphatic carbocycles. The van der Waals surface area contributed by atoms with Crippen molar-refractivity contribution in [3.05, 3.63) is 96.6 Å². The Hall–Kier alpha value is -2.24. The van der Waals surface area contributed by atoms with Gasteiger partial charge in [-0.2, -0.15) is 0 Å². The highest BCUT2D eigenvalue weighted by Crippen LogP contribution is 2.45. The van der Waals surface area contributed by atoms with Crippen molar-refractivity contribution in [2.45, 2.75) is 69.7 Å². The summed E-state index contributed by atoms with van der Waals surface area (Å²) < 4.78 is 20.1. The molecule has 4 heteroatoms. The van der Waals surface area contributed by atoms with Gasteiger partial charge in [-0.15, -0.1) is 0 Å². The van der Waals surface area contributed by atoms with Crippen LogP contribution in [0.15, 0.2) is 91.0 Å². The van der Waals surface area contributed by atoms with Gasteiger partial charge in [0, 0.05) is 0 Å². The van der Waals surface area contributed by atoms with Crippen LogP contribution in [0.3, 0.4) is 0 Å². The van der Waals surface area contributed by atoms with Crippen LogP contribution in [0.4, 0.5) is 0 Å². The third-order valence-electron chi connectivity index (χ3n) is 7.08. The van der Waals surface area contributed by atoms with Gasteiger partial charge in [0.2, 0.25) is 0 Å². The molecule has 0 amide bonds. The van der Waals surface area contributed by atoms with Crippen LogP contribution in [0.1, 0.15) is 39.2 Å². The molecule has 2 aliphatic rings. The van der Waals surface area contributed by atoms with E-state index in [9.17, 15) is 0 Å². The van der Waals surface area contributed by atoms with E-state index in [4.69, 9.17) is 13.9 Å². The quantitative estimate of drug-likeness (QED) is 0.366. The minimum atomic E-state index is -2.66. The number of hydrogen-bond donors (Lipinski definition) is 0. The number of ether oxygens (including phenoxy) is 2. The summed E-state index contributed by atoms with van der Waals surface area (Å²) in [5, 5.41) is 2.53. The molecule has 2 fully saturated rings. The SMILES string of the molecule is CC(C)(C)[Si](O[C@@H]1[C@H]2O[C@H]2CC[C@@H]1OCc1ccccc1)(c1ccccc1)c1ccccc1. The van der Waals surface area contributed by atoms with Crippen molar-refractivity contribution in [2.24, 2.45) is 0 Å². The highest BCUT2D eigenvalue weighted by Gasteiger charge is 2.59. The molecule has 3 aromatic rings. The predicted molar refractivity (Wildman–Crippen MR) is 135 cm³/mol. The van der Waals surface area contributed by atoms with Crippen molar-refractivity contribution in [3.8, 4) is 0 Å². The van der Waals surface area contributed by atoms with Gasteiger partial charge in [0.25, 0.3) is 8.32 Å². The van der Waals surface area contributed by atoms with E-state index in [0.717, 1.165) is 12.8 Å². The lowest BCUT2D eigenvalue weighted by atomic mass is 9.95. The zero-order valence-corrected chi connectivity index (χ0v) is 20.8. The highest BCUT2D eigenvalue weighted by molar-refractivity contribution is 6.99. The second-order valence-corrected chi connectivity index (χ2v) is 14.6. The number of benzene rings is 3. The zero-order chi connectivity index (χ0) is 22.9. The molecule has 1 saturated carbocycles. The van der Waals surface area contributed by atoms with E-state index < -0.39 is 8.32 Å². The molecule has 5 rings (SSSR count). The first-order chi connectivity index (χ1) is 16.0. The topological polar surface area (TPSA) is 31.0 Å². The second kappa shape index (κ2) is 9.19. The third-order valence-corrected chi connectivity index (χ3v) is 12.1. The molecule has 1 saturated heterocycles. The van der Waals surface area contributed by atoms with Gasteiger partial charge in [-0.05, 0) is 33.8 Å². The van der Waals surface area contributed by atoms with Gasteiger partial charge in [0.05, 0.1) is 18.8 Å². The van der Waals surface area contributed by atoms with Gasteiger partial charge in [-0.1, -0.05) is 112 Å². The number of epoxide rings is 1. The van der Waals surface area contributed by atoms with Crippen LogP contribution in [-0.4, -0.2) is 32.7 Å². The first-order valence-corrected chi connectivity index (χ1v) is 14.0. The van der Waals surface area contributed by atoms with Gasteiger partial charge in [0.15, 0.2) is 0 Å². The molecule has 0 bridgehead atoms. The lowest BCUT2D eigenvalue weighted by Gasteiger charge is -2.46. The number of hydrogen-bond acceptors (Lipinski definition) is 3. The lowest BCUT2D eigenvalue weighted by molar-refractivity contribution is -0.0557. The zero-order valence-electron chi connectivity index (χ0n) is 19.8. The second-order valence-electron chi connectivity index (χ2n) is 10.3. The highest BCUT2D eigenvalue weighted by atomic mass is 28.4. The molecule has 172 valence electrons.